The zero-order valence-corrected chi connectivity index (χ0v) is 10.5. The van der Waals surface area contributed by atoms with E-state index in [0.717, 1.165) is 6.42 Å². The summed E-state index contributed by atoms with van der Waals surface area (Å²) < 4.78 is 4.82. The summed E-state index contributed by atoms with van der Waals surface area (Å²) in [6, 6.07) is 0.165. The molecule has 1 aliphatic rings. The fraction of sp³-hybridized carbons (Fsp3) is 0.917. The Morgan fingerprint density at radius 1 is 1.50 bits per heavy atom. The first kappa shape index (κ1) is 13.5. The third-order valence-electron chi connectivity index (χ3n) is 3.48. The molecule has 3 N–H and O–H groups in total. The van der Waals surface area contributed by atoms with Crippen molar-refractivity contribution in [3.63, 3.8) is 0 Å². The summed E-state index contributed by atoms with van der Waals surface area (Å²) in [6.07, 6.45) is 3.48. The van der Waals surface area contributed by atoms with Crippen LogP contribution in [0.25, 0.3) is 0 Å². The Morgan fingerprint density at radius 2 is 2.19 bits per heavy atom. The van der Waals surface area contributed by atoms with E-state index >= 15 is 0 Å². The number of carbonyl (C=O) groups excluding carboxylic acids is 1. The van der Waals surface area contributed by atoms with Crippen LogP contribution in [0.5, 0.6) is 0 Å². The summed E-state index contributed by atoms with van der Waals surface area (Å²) >= 11 is 0. The maximum absolute atomic E-state index is 11.6. The average molecular weight is 228 g/mol. The quantitative estimate of drug-likeness (QED) is 0.686. The number of hydrogen-bond acceptors (Lipinski definition) is 4. The predicted octanol–water partition coefficient (Wildman–Crippen LogP) is 0.901. The van der Waals surface area contributed by atoms with Gasteiger partial charge in [-0.05, 0) is 31.2 Å². The molecular weight excluding hydrogens is 204 g/mol. The van der Waals surface area contributed by atoms with E-state index in [2.05, 4.69) is 5.32 Å². The molecule has 1 rings (SSSR count). The molecule has 0 aliphatic heterocycles. The van der Waals surface area contributed by atoms with Gasteiger partial charge in [-0.15, -0.1) is 0 Å². The van der Waals surface area contributed by atoms with Crippen molar-refractivity contribution in [1.82, 2.24) is 5.32 Å². The lowest BCUT2D eigenvalue weighted by Crippen LogP contribution is -2.49. The van der Waals surface area contributed by atoms with Crippen LogP contribution in [0.2, 0.25) is 0 Å². The van der Waals surface area contributed by atoms with Gasteiger partial charge >= 0.3 is 5.97 Å². The molecule has 0 aromatic heterocycles. The van der Waals surface area contributed by atoms with Crippen LogP contribution in [-0.4, -0.2) is 31.7 Å². The molecule has 0 heterocycles. The number of hydrogen-bond donors (Lipinski definition) is 2. The van der Waals surface area contributed by atoms with Crippen LogP contribution in [0.3, 0.4) is 0 Å². The number of ether oxygens (including phenoxy) is 1. The summed E-state index contributed by atoms with van der Waals surface area (Å²) in [6.45, 7) is 4.76. The zero-order valence-electron chi connectivity index (χ0n) is 10.5. The van der Waals surface area contributed by atoms with Crippen molar-refractivity contribution in [2.75, 3.05) is 13.7 Å². The Bertz CT molecular complexity index is 231. The van der Waals surface area contributed by atoms with E-state index in [0.29, 0.717) is 18.5 Å². The first-order chi connectivity index (χ1) is 7.60. The summed E-state index contributed by atoms with van der Waals surface area (Å²) in [5, 5.41) is 3.41. The molecule has 4 heteroatoms. The summed E-state index contributed by atoms with van der Waals surface area (Å²) in [4.78, 5) is 11.6. The molecule has 0 spiro atoms. The highest BCUT2D eigenvalue weighted by molar-refractivity contribution is 5.76. The molecule has 3 atom stereocenters. The molecule has 4 nitrogen and oxygen atoms in total. The fourth-order valence-electron chi connectivity index (χ4n) is 2.43. The smallest absolute Gasteiger partial charge is 0.323 e. The number of methoxy groups -OCH3 is 1. The lowest BCUT2D eigenvalue weighted by Gasteiger charge is -2.27. The second kappa shape index (κ2) is 6.21. The largest absolute Gasteiger partial charge is 0.468 e. The van der Waals surface area contributed by atoms with Gasteiger partial charge in [-0.1, -0.05) is 20.3 Å². The third-order valence-corrected chi connectivity index (χ3v) is 3.48. The summed E-state index contributed by atoms with van der Waals surface area (Å²) in [5.41, 5.74) is 5.73. The second-order valence-corrected chi connectivity index (χ2v) is 4.94. The Kier molecular flexibility index (Phi) is 5.22. The standard InChI is InChI=1S/C12H24N2O2/c1-8(2)11(12(15)16-3)14-10-6-4-5-9(10)7-13/h8-11,14H,4-7,13H2,1-3H3. The second-order valence-electron chi connectivity index (χ2n) is 4.94. The van der Waals surface area contributed by atoms with Crippen LogP contribution >= 0.6 is 0 Å². The van der Waals surface area contributed by atoms with E-state index in [1.165, 1.54) is 20.0 Å². The van der Waals surface area contributed by atoms with Gasteiger partial charge in [-0.3, -0.25) is 4.79 Å². The van der Waals surface area contributed by atoms with Crippen LogP contribution in [0.15, 0.2) is 0 Å². The highest BCUT2D eigenvalue weighted by Crippen LogP contribution is 2.25. The number of carbonyl (C=O) groups is 1. The van der Waals surface area contributed by atoms with E-state index in [1.54, 1.807) is 0 Å². The fourth-order valence-corrected chi connectivity index (χ4v) is 2.43. The highest BCUT2D eigenvalue weighted by Gasteiger charge is 2.32. The molecule has 0 amide bonds. The minimum Gasteiger partial charge on any atom is -0.468 e. The van der Waals surface area contributed by atoms with E-state index in [4.69, 9.17) is 10.5 Å². The maximum atomic E-state index is 11.6. The van der Waals surface area contributed by atoms with E-state index < -0.39 is 0 Å². The topological polar surface area (TPSA) is 64.3 Å². The van der Waals surface area contributed by atoms with Crippen molar-refractivity contribution in [3.05, 3.63) is 0 Å². The first-order valence-corrected chi connectivity index (χ1v) is 6.14. The van der Waals surface area contributed by atoms with Gasteiger partial charge in [0.05, 0.1) is 7.11 Å². The molecule has 0 aromatic rings. The molecule has 1 saturated carbocycles. The third kappa shape index (κ3) is 3.19. The minimum absolute atomic E-state index is 0.169. The van der Waals surface area contributed by atoms with Gasteiger partial charge in [0.1, 0.15) is 6.04 Å². The summed E-state index contributed by atoms with van der Waals surface area (Å²) in [7, 11) is 1.44. The first-order valence-electron chi connectivity index (χ1n) is 6.14. The van der Waals surface area contributed by atoms with Crippen molar-refractivity contribution in [2.45, 2.75) is 45.2 Å². The molecule has 3 unspecified atom stereocenters. The van der Waals surface area contributed by atoms with Gasteiger partial charge in [-0.25, -0.2) is 0 Å². The van der Waals surface area contributed by atoms with Crippen molar-refractivity contribution in [2.24, 2.45) is 17.6 Å². The monoisotopic (exact) mass is 228 g/mol. The zero-order chi connectivity index (χ0) is 12.1. The summed E-state index contributed by atoms with van der Waals surface area (Å²) in [5.74, 6) is 0.579. The lowest BCUT2D eigenvalue weighted by atomic mass is 9.99. The van der Waals surface area contributed by atoms with Gasteiger partial charge in [0.25, 0.3) is 0 Å². The molecular formula is C12H24N2O2. The Hall–Kier alpha value is -0.610. The minimum atomic E-state index is -0.206. The van der Waals surface area contributed by atoms with Gasteiger partial charge < -0.3 is 15.8 Å². The molecule has 94 valence electrons. The van der Waals surface area contributed by atoms with Crippen LogP contribution in [0, 0.1) is 11.8 Å². The number of esters is 1. The van der Waals surface area contributed by atoms with E-state index in [9.17, 15) is 4.79 Å². The lowest BCUT2D eigenvalue weighted by molar-refractivity contribution is -0.144. The normalized spacial score (nSPS) is 27.1. The van der Waals surface area contributed by atoms with Crippen LogP contribution < -0.4 is 11.1 Å². The molecule has 1 aliphatic carbocycles. The Labute approximate surface area is 97.9 Å². The molecule has 16 heavy (non-hydrogen) atoms. The maximum Gasteiger partial charge on any atom is 0.323 e. The number of rotatable bonds is 5. The van der Waals surface area contributed by atoms with Crippen molar-refractivity contribution < 1.29 is 9.53 Å². The van der Waals surface area contributed by atoms with Crippen LogP contribution in [0.1, 0.15) is 33.1 Å². The van der Waals surface area contributed by atoms with Crippen molar-refractivity contribution in [3.8, 4) is 0 Å². The van der Waals surface area contributed by atoms with Gasteiger partial charge in [0.15, 0.2) is 0 Å². The SMILES string of the molecule is COC(=O)C(NC1CCCC1CN)C(C)C. The van der Waals surface area contributed by atoms with Crippen LogP contribution in [-0.2, 0) is 9.53 Å². The molecule has 0 radical (unpaired) electrons. The Balaban J connectivity index is 2.57. The van der Waals surface area contributed by atoms with Gasteiger partial charge in [0, 0.05) is 6.04 Å². The molecule has 1 fully saturated rings. The highest BCUT2D eigenvalue weighted by atomic mass is 16.5. The van der Waals surface area contributed by atoms with E-state index in [-0.39, 0.29) is 17.9 Å². The van der Waals surface area contributed by atoms with Gasteiger partial charge in [0.2, 0.25) is 0 Å². The Morgan fingerprint density at radius 3 is 2.69 bits per heavy atom. The number of nitrogens with one attached hydrogen (secondary N) is 1. The van der Waals surface area contributed by atoms with Gasteiger partial charge in [-0.2, -0.15) is 0 Å². The molecule has 0 aromatic carbocycles. The predicted molar refractivity (Wildman–Crippen MR) is 64.0 cm³/mol. The van der Waals surface area contributed by atoms with E-state index in [1.807, 2.05) is 13.8 Å². The molecule has 0 saturated heterocycles. The molecule has 0 bridgehead atoms. The van der Waals surface area contributed by atoms with Crippen molar-refractivity contribution >= 4 is 5.97 Å². The van der Waals surface area contributed by atoms with Crippen molar-refractivity contribution in [1.29, 1.82) is 0 Å². The number of nitrogens with two attached hydrogens (primary N) is 1. The van der Waals surface area contributed by atoms with Crippen LogP contribution in [0.4, 0.5) is 0 Å². The average Bonchev–Trinajstić information content (AvgIpc) is 2.71.